The third kappa shape index (κ3) is 5.77. The van der Waals surface area contributed by atoms with Crippen molar-refractivity contribution in [3.63, 3.8) is 0 Å². The Balaban J connectivity index is 2.01. The van der Waals surface area contributed by atoms with E-state index in [-0.39, 0.29) is 5.91 Å². The molecule has 1 aromatic heterocycles. The Labute approximate surface area is 169 Å². The summed E-state index contributed by atoms with van der Waals surface area (Å²) in [4.78, 5) is 12.4. The summed E-state index contributed by atoms with van der Waals surface area (Å²) < 4.78 is 7.11. The lowest BCUT2D eigenvalue weighted by atomic mass is 10.2. The minimum absolute atomic E-state index is 0.115. The third-order valence-corrected chi connectivity index (χ3v) is 5.60. The molecule has 0 saturated carbocycles. The van der Waals surface area contributed by atoms with Gasteiger partial charge >= 0.3 is 0 Å². The monoisotopic (exact) mass is 405 g/mol. The molecule has 7 heteroatoms. The fourth-order valence-electron chi connectivity index (χ4n) is 2.79. The van der Waals surface area contributed by atoms with Crippen molar-refractivity contribution in [1.82, 2.24) is 4.57 Å². The van der Waals surface area contributed by atoms with Crippen LogP contribution in [0.1, 0.15) is 28.8 Å². The van der Waals surface area contributed by atoms with Crippen LogP contribution in [0.2, 0.25) is 5.02 Å². The number of rotatable bonds is 9. The third-order valence-electron chi connectivity index (χ3n) is 4.34. The maximum atomic E-state index is 12.4. The van der Waals surface area contributed by atoms with Gasteiger partial charge in [0, 0.05) is 36.7 Å². The molecule has 0 aliphatic carbocycles. The van der Waals surface area contributed by atoms with Gasteiger partial charge in [0.15, 0.2) is 0 Å². The molecule has 0 bridgehead atoms. The number of nitrogens with zero attached hydrogens (tertiary/aromatic N) is 2. The Bertz CT molecular complexity index is 825. The van der Waals surface area contributed by atoms with Crippen LogP contribution in [0, 0.1) is 25.2 Å². The van der Waals surface area contributed by atoms with E-state index < -0.39 is 0 Å². The zero-order chi connectivity index (χ0) is 19.8. The molecule has 0 radical (unpaired) electrons. The van der Waals surface area contributed by atoms with Crippen molar-refractivity contribution >= 4 is 35.1 Å². The highest BCUT2D eigenvalue weighted by Crippen LogP contribution is 2.27. The lowest BCUT2D eigenvalue weighted by Crippen LogP contribution is -2.18. The first-order valence-electron chi connectivity index (χ1n) is 8.68. The lowest BCUT2D eigenvalue weighted by Gasteiger charge is -2.13. The van der Waals surface area contributed by atoms with Crippen molar-refractivity contribution in [3.05, 3.63) is 51.7 Å². The van der Waals surface area contributed by atoms with Crippen molar-refractivity contribution in [2.75, 3.05) is 24.8 Å². The number of carbonyl (C=O) groups excluding carboxylic acids is 1. The molecule has 0 aliphatic heterocycles. The summed E-state index contributed by atoms with van der Waals surface area (Å²) in [5.41, 5.74) is 3.54. The zero-order valence-electron chi connectivity index (χ0n) is 15.8. The van der Waals surface area contributed by atoms with Gasteiger partial charge in [-0.2, -0.15) is 5.26 Å². The molecule has 5 nitrogen and oxygen atoms in total. The second kappa shape index (κ2) is 10.4. The van der Waals surface area contributed by atoms with Gasteiger partial charge in [-0.05, 0) is 43.5 Å². The van der Waals surface area contributed by atoms with Crippen LogP contribution in [0.4, 0.5) is 5.82 Å². The molecule has 0 aliphatic rings. The Morgan fingerprint density at radius 2 is 2.04 bits per heavy atom. The van der Waals surface area contributed by atoms with Gasteiger partial charge in [-0.15, -0.1) is 11.8 Å². The highest BCUT2D eigenvalue weighted by atomic mass is 35.5. The molecule has 27 heavy (non-hydrogen) atoms. The van der Waals surface area contributed by atoms with Gasteiger partial charge in [-0.1, -0.05) is 23.7 Å². The van der Waals surface area contributed by atoms with E-state index in [0.717, 1.165) is 29.0 Å². The van der Waals surface area contributed by atoms with Gasteiger partial charge in [0.25, 0.3) is 0 Å². The molecule has 0 fully saturated rings. The van der Waals surface area contributed by atoms with E-state index in [2.05, 4.69) is 11.4 Å². The Morgan fingerprint density at radius 1 is 1.33 bits per heavy atom. The van der Waals surface area contributed by atoms with Crippen LogP contribution in [0.3, 0.4) is 0 Å². The molecule has 0 saturated heterocycles. The fourth-order valence-corrected chi connectivity index (χ4v) is 3.70. The number of hydrogen-bond donors (Lipinski definition) is 1. The molecule has 1 N–H and O–H groups in total. The summed E-state index contributed by atoms with van der Waals surface area (Å²) in [6.45, 7) is 5.19. The Morgan fingerprint density at radius 3 is 2.67 bits per heavy atom. The fraction of sp³-hybridized carbons (Fsp3) is 0.400. The second-order valence-electron chi connectivity index (χ2n) is 6.21. The second-order valence-corrected chi connectivity index (χ2v) is 7.63. The van der Waals surface area contributed by atoms with E-state index in [0.29, 0.717) is 35.3 Å². The van der Waals surface area contributed by atoms with E-state index in [1.165, 1.54) is 11.8 Å². The number of nitrogens with one attached hydrogen (secondary N) is 1. The topological polar surface area (TPSA) is 67.1 Å². The van der Waals surface area contributed by atoms with Gasteiger partial charge in [-0.25, -0.2) is 0 Å². The van der Waals surface area contributed by atoms with Crippen molar-refractivity contribution < 1.29 is 9.53 Å². The molecular formula is C20H24ClN3O2S. The first-order valence-corrected chi connectivity index (χ1v) is 10.2. The van der Waals surface area contributed by atoms with E-state index in [9.17, 15) is 10.1 Å². The van der Waals surface area contributed by atoms with Crippen LogP contribution < -0.4 is 5.32 Å². The number of nitriles is 1. The molecule has 1 amide bonds. The summed E-state index contributed by atoms with van der Waals surface area (Å²) in [5, 5.41) is 13.1. The maximum absolute atomic E-state index is 12.4. The standard InChI is InChI=1S/C20H24ClN3O2S/c1-14-15(2)24(9-4-10-26-3)20(18(14)11-22)23-19(25)13-27-12-16-5-7-17(21)8-6-16/h5-8H,4,9-10,12-13H2,1-3H3,(H,23,25). The number of aromatic nitrogens is 1. The molecule has 0 spiro atoms. The number of halogens is 1. The average Bonchev–Trinajstić information content (AvgIpc) is 2.87. The molecule has 2 rings (SSSR count). The number of carbonyl (C=O) groups is 1. The highest BCUT2D eigenvalue weighted by Gasteiger charge is 2.19. The summed E-state index contributed by atoms with van der Waals surface area (Å²) in [6.07, 6.45) is 0.810. The van der Waals surface area contributed by atoms with Crippen molar-refractivity contribution in [3.8, 4) is 6.07 Å². The number of amides is 1. The van der Waals surface area contributed by atoms with Crippen LogP contribution in [0.5, 0.6) is 0 Å². The summed E-state index contributed by atoms with van der Waals surface area (Å²) >= 11 is 7.41. The van der Waals surface area contributed by atoms with E-state index >= 15 is 0 Å². The number of thioether (sulfide) groups is 1. The van der Waals surface area contributed by atoms with E-state index in [4.69, 9.17) is 16.3 Å². The molecule has 0 unspecified atom stereocenters. The Kier molecular flexibility index (Phi) is 8.23. The lowest BCUT2D eigenvalue weighted by molar-refractivity contribution is -0.113. The normalized spacial score (nSPS) is 10.6. The van der Waals surface area contributed by atoms with Crippen molar-refractivity contribution in [1.29, 1.82) is 5.26 Å². The Hall–Kier alpha value is -1.94. The molecule has 144 valence electrons. The first kappa shape index (κ1) is 21.4. The van der Waals surface area contributed by atoms with Crippen LogP contribution in [0.15, 0.2) is 24.3 Å². The number of methoxy groups -OCH3 is 1. The molecule has 0 atom stereocenters. The molecular weight excluding hydrogens is 382 g/mol. The summed E-state index contributed by atoms with van der Waals surface area (Å²) in [5.74, 6) is 1.51. The van der Waals surface area contributed by atoms with Crippen molar-refractivity contribution in [2.24, 2.45) is 0 Å². The number of hydrogen-bond acceptors (Lipinski definition) is 4. The SMILES string of the molecule is COCCCn1c(C)c(C)c(C#N)c1NC(=O)CSCc1ccc(Cl)cc1. The first-order chi connectivity index (χ1) is 13.0. The maximum Gasteiger partial charge on any atom is 0.235 e. The smallest absolute Gasteiger partial charge is 0.235 e. The zero-order valence-corrected chi connectivity index (χ0v) is 17.4. The highest BCUT2D eigenvalue weighted by molar-refractivity contribution is 7.99. The summed E-state index contributed by atoms with van der Waals surface area (Å²) in [6, 6.07) is 9.81. The van der Waals surface area contributed by atoms with Crippen LogP contribution in [-0.2, 0) is 21.8 Å². The van der Waals surface area contributed by atoms with Gasteiger partial charge < -0.3 is 14.6 Å². The van der Waals surface area contributed by atoms with Gasteiger partial charge in [0.1, 0.15) is 11.9 Å². The minimum Gasteiger partial charge on any atom is -0.385 e. The van der Waals surface area contributed by atoms with Gasteiger partial charge in [0.05, 0.1) is 11.3 Å². The minimum atomic E-state index is -0.115. The number of benzene rings is 1. The number of anilines is 1. The van der Waals surface area contributed by atoms with Gasteiger partial charge in [-0.3, -0.25) is 4.79 Å². The van der Waals surface area contributed by atoms with E-state index in [1.54, 1.807) is 7.11 Å². The molecule has 2 aromatic rings. The molecule has 1 aromatic carbocycles. The van der Waals surface area contributed by atoms with Crippen LogP contribution >= 0.6 is 23.4 Å². The number of ether oxygens (including phenoxy) is 1. The quantitative estimate of drug-likeness (QED) is 0.622. The summed E-state index contributed by atoms with van der Waals surface area (Å²) in [7, 11) is 1.66. The predicted octanol–water partition coefficient (Wildman–Crippen LogP) is 4.54. The van der Waals surface area contributed by atoms with Crippen molar-refractivity contribution in [2.45, 2.75) is 32.6 Å². The molecule has 1 heterocycles. The van der Waals surface area contributed by atoms with Crippen LogP contribution in [-0.4, -0.2) is 29.9 Å². The predicted molar refractivity (Wildman–Crippen MR) is 111 cm³/mol. The average molecular weight is 406 g/mol. The van der Waals surface area contributed by atoms with E-state index in [1.807, 2.05) is 42.7 Å². The largest absolute Gasteiger partial charge is 0.385 e. The van der Waals surface area contributed by atoms with Crippen LogP contribution in [0.25, 0.3) is 0 Å². The van der Waals surface area contributed by atoms with Gasteiger partial charge in [0.2, 0.25) is 5.91 Å².